The molecule has 0 radical (unpaired) electrons. The van der Waals surface area contributed by atoms with Gasteiger partial charge >= 0.3 is 0 Å². The Morgan fingerprint density at radius 1 is 0.841 bits per heavy atom. The number of para-hydroxylation sites is 1. The zero-order chi connectivity index (χ0) is 30.9. The van der Waals surface area contributed by atoms with E-state index in [1.165, 1.54) is 12.5 Å². The van der Waals surface area contributed by atoms with E-state index < -0.39 is 0 Å². The number of carbonyl (C=O) groups excluding carboxylic acids is 4. The van der Waals surface area contributed by atoms with Crippen LogP contribution in [0.25, 0.3) is 0 Å². The largest absolute Gasteiger partial charge is 0.494 e. The third-order valence-electron chi connectivity index (χ3n) is 8.19. The van der Waals surface area contributed by atoms with E-state index in [1.54, 1.807) is 24.3 Å². The number of ether oxygens (including phenoxy) is 1. The van der Waals surface area contributed by atoms with E-state index >= 15 is 0 Å². The number of aryl methyl sites for hydroxylation is 1. The summed E-state index contributed by atoms with van der Waals surface area (Å²) < 4.78 is 5.86. The summed E-state index contributed by atoms with van der Waals surface area (Å²) in [5, 5.41) is 5.60. The maximum absolute atomic E-state index is 13.2. The minimum atomic E-state index is -0.152. The molecule has 9 nitrogen and oxygen atoms in total. The van der Waals surface area contributed by atoms with E-state index in [1.807, 2.05) is 52.3 Å². The van der Waals surface area contributed by atoms with Crippen molar-refractivity contribution in [2.75, 3.05) is 36.5 Å². The summed E-state index contributed by atoms with van der Waals surface area (Å²) in [6.45, 7) is 3.81. The van der Waals surface area contributed by atoms with Gasteiger partial charge in [0.25, 0.3) is 11.8 Å². The number of likely N-dealkylation sites (tertiary alicyclic amines) is 1. The van der Waals surface area contributed by atoms with Gasteiger partial charge in [-0.3, -0.25) is 19.2 Å². The number of rotatable bonds is 11. The van der Waals surface area contributed by atoms with Crippen molar-refractivity contribution in [3.05, 3.63) is 89.5 Å². The summed E-state index contributed by atoms with van der Waals surface area (Å²) in [5.74, 6) is 0.613. The number of anilines is 2. The van der Waals surface area contributed by atoms with Gasteiger partial charge in [-0.05, 0) is 98.7 Å². The van der Waals surface area contributed by atoms with Crippen molar-refractivity contribution >= 4 is 35.0 Å². The Bertz CT molecular complexity index is 1460. The van der Waals surface area contributed by atoms with Gasteiger partial charge in [0, 0.05) is 61.5 Å². The highest BCUT2D eigenvalue weighted by Gasteiger charge is 2.33. The van der Waals surface area contributed by atoms with E-state index in [-0.39, 0.29) is 29.7 Å². The van der Waals surface area contributed by atoms with Crippen molar-refractivity contribution in [3.8, 4) is 5.75 Å². The van der Waals surface area contributed by atoms with Gasteiger partial charge in [0.15, 0.2) is 0 Å². The first-order valence-electron chi connectivity index (χ1n) is 15.5. The van der Waals surface area contributed by atoms with Crippen molar-refractivity contribution in [1.29, 1.82) is 0 Å². The number of hydrogen-bond donors (Lipinski definition) is 2. The Morgan fingerprint density at radius 3 is 2.27 bits per heavy atom. The second-order valence-corrected chi connectivity index (χ2v) is 11.4. The summed E-state index contributed by atoms with van der Waals surface area (Å²) in [6, 6.07) is 22.3. The molecule has 1 saturated heterocycles. The maximum Gasteiger partial charge on any atom is 0.253 e. The molecule has 3 aromatic carbocycles. The minimum Gasteiger partial charge on any atom is -0.494 e. The summed E-state index contributed by atoms with van der Waals surface area (Å²) in [7, 11) is 0. The first-order valence-corrected chi connectivity index (χ1v) is 15.5. The van der Waals surface area contributed by atoms with Crippen molar-refractivity contribution in [2.45, 2.75) is 57.9 Å². The standard InChI is InChI=1S/C35H40N4O5/c1-25(40)37-29-14-9-27(10-15-29)34(42)36-21-5-2-6-24-44-31-16-11-28(12-17-31)35(43)38-22-19-30(20-23-38)39-32-8-4-3-7-26(32)13-18-33(39)41/h3-4,7-12,14-17,30H,2,5-6,13,18-24H2,1H3,(H,36,42)(H,37,40). The smallest absolute Gasteiger partial charge is 0.253 e. The number of piperidine rings is 1. The lowest BCUT2D eigenvalue weighted by Crippen LogP contribution is -2.50. The molecular weight excluding hydrogens is 556 g/mol. The van der Waals surface area contributed by atoms with E-state index in [2.05, 4.69) is 16.7 Å². The monoisotopic (exact) mass is 596 g/mol. The average Bonchev–Trinajstić information content (AvgIpc) is 3.04. The first-order chi connectivity index (χ1) is 21.4. The molecule has 2 N–H and O–H groups in total. The lowest BCUT2D eigenvalue weighted by atomic mass is 9.95. The number of amides is 4. The van der Waals surface area contributed by atoms with Gasteiger partial charge in [-0.25, -0.2) is 0 Å². The Labute approximate surface area is 258 Å². The molecule has 2 aliphatic rings. The van der Waals surface area contributed by atoms with Gasteiger partial charge in [0.05, 0.1) is 6.61 Å². The van der Waals surface area contributed by atoms with Gasteiger partial charge in [-0.1, -0.05) is 18.2 Å². The molecule has 0 aliphatic carbocycles. The molecule has 1 fully saturated rings. The second kappa shape index (κ2) is 14.7. The molecule has 9 heteroatoms. The van der Waals surface area contributed by atoms with Crippen LogP contribution < -0.4 is 20.3 Å². The SMILES string of the molecule is CC(=O)Nc1ccc(C(=O)NCCCCCOc2ccc(C(=O)N3CCC(N4C(=O)CCc5ccccc54)CC3)cc2)cc1. The van der Waals surface area contributed by atoms with Crippen molar-refractivity contribution < 1.29 is 23.9 Å². The molecule has 0 spiro atoms. The van der Waals surface area contributed by atoms with Crippen LogP contribution in [0.3, 0.4) is 0 Å². The Hall–Kier alpha value is -4.66. The van der Waals surface area contributed by atoms with E-state index in [0.717, 1.165) is 50.0 Å². The quantitative estimate of drug-likeness (QED) is 0.296. The van der Waals surface area contributed by atoms with Crippen molar-refractivity contribution in [1.82, 2.24) is 10.2 Å². The molecule has 4 amide bonds. The molecule has 0 aromatic heterocycles. The van der Waals surface area contributed by atoms with Gasteiger partial charge < -0.3 is 25.2 Å². The number of fused-ring (bicyclic) bond motifs is 1. The summed E-state index contributed by atoms with van der Waals surface area (Å²) in [5.41, 5.74) is 4.09. The third kappa shape index (κ3) is 7.83. The molecule has 0 bridgehead atoms. The number of nitrogens with one attached hydrogen (secondary N) is 2. The molecule has 230 valence electrons. The lowest BCUT2D eigenvalue weighted by molar-refractivity contribution is -0.119. The van der Waals surface area contributed by atoms with E-state index in [0.29, 0.717) is 49.5 Å². The zero-order valence-corrected chi connectivity index (χ0v) is 25.2. The predicted octanol–water partition coefficient (Wildman–Crippen LogP) is 5.21. The summed E-state index contributed by atoms with van der Waals surface area (Å²) >= 11 is 0. The Morgan fingerprint density at radius 2 is 1.55 bits per heavy atom. The molecule has 0 unspecified atom stereocenters. The topological polar surface area (TPSA) is 108 Å². The Balaban J connectivity index is 0.983. The fourth-order valence-corrected chi connectivity index (χ4v) is 5.86. The fraction of sp³-hybridized carbons (Fsp3) is 0.371. The molecule has 0 saturated carbocycles. The first kappa shape index (κ1) is 30.8. The lowest BCUT2D eigenvalue weighted by Gasteiger charge is -2.41. The van der Waals surface area contributed by atoms with Gasteiger partial charge in [-0.15, -0.1) is 0 Å². The van der Waals surface area contributed by atoms with Gasteiger partial charge in [0.1, 0.15) is 5.75 Å². The fourth-order valence-electron chi connectivity index (χ4n) is 5.86. The summed E-state index contributed by atoms with van der Waals surface area (Å²) in [4.78, 5) is 53.2. The highest BCUT2D eigenvalue weighted by atomic mass is 16.5. The molecule has 44 heavy (non-hydrogen) atoms. The number of hydrogen-bond acceptors (Lipinski definition) is 5. The summed E-state index contributed by atoms with van der Waals surface area (Å²) in [6.07, 6.45) is 5.46. The van der Waals surface area contributed by atoms with Crippen LogP contribution in [0.1, 0.15) is 71.7 Å². The predicted molar refractivity (Wildman–Crippen MR) is 170 cm³/mol. The van der Waals surface area contributed by atoms with Crippen LogP contribution in [-0.4, -0.2) is 60.8 Å². The van der Waals surface area contributed by atoms with Crippen LogP contribution in [-0.2, 0) is 16.0 Å². The molecule has 5 rings (SSSR count). The number of carbonyl (C=O) groups is 4. The molecular formula is C35H40N4O5. The zero-order valence-electron chi connectivity index (χ0n) is 25.2. The average molecular weight is 597 g/mol. The van der Waals surface area contributed by atoms with Gasteiger partial charge in [0.2, 0.25) is 11.8 Å². The number of nitrogens with zero attached hydrogens (tertiary/aromatic N) is 2. The minimum absolute atomic E-state index is 0.00564. The maximum atomic E-state index is 13.2. The van der Waals surface area contributed by atoms with Crippen LogP contribution in [0.2, 0.25) is 0 Å². The second-order valence-electron chi connectivity index (χ2n) is 11.4. The number of benzene rings is 3. The normalized spacial score (nSPS) is 15.0. The van der Waals surface area contributed by atoms with Gasteiger partial charge in [-0.2, -0.15) is 0 Å². The van der Waals surface area contributed by atoms with E-state index in [4.69, 9.17) is 4.74 Å². The van der Waals surface area contributed by atoms with Crippen molar-refractivity contribution in [2.24, 2.45) is 0 Å². The van der Waals surface area contributed by atoms with Crippen molar-refractivity contribution in [3.63, 3.8) is 0 Å². The van der Waals surface area contributed by atoms with Crippen LogP contribution in [0.15, 0.2) is 72.8 Å². The van der Waals surface area contributed by atoms with E-state index in [9.17, 15) is 19.2 Å². The van der Waals surface area contributed by atoms with Crippen LogP contribution in [0, 0.1) is 0 Å². The van der Waals surface area contributed by atoms with Crippen LogP contribution >= 0.6 is 0 Å². The Kier molecular flexibility index (Phi) is 10.3. The molecule has 0 atom stereocenters. The van der Waals surface area contributed by atoms with Crippen LogP contribution in [0.5, 0.6) is 5.75 Å². The third-order valence-corrected chi connectivity index (χ3v) is 8.19. The van der Waals surface area contributed by atoms with Crippen LogP contribution in [0.4, 0.5) is 11.4 Å². The highest BCUT2D eigenvalue weighted by Crippen LogP contribution is 2.32. The highest BCUT2D eigenvalue weighted by molar-refractivity contribution is 5.97. The number of unbranched alkanes of at least 4 members (excludes halogenated alkanes) is 2. The molecule has 3 aromatic rings. The molecule has 2 aliphatic heterocycles. The molecule has 2 heterocycles.